The average molecular weight is 304 g/mol. The van der Waals surface area contributed by atoms with Crippen LogP contribution in [0.3, 0.4) is 0 Å². The van der Waals surface area contributed by atoms with Crippen molar-refractivity contribution in [2.45, 2.75) is 0 Å². The molecule has 3 nitrogen and oxygen atoms in total. The highest BCUT2D eigenvalue weighted by molar-refractivity contribution is 9.11. The molecule has 2 rings (SSSR count). The van der Waals surface area contributed by atoms with E-state index in [9.17, 15) is 4.79 Å². The molecular formula is C8H4Br2N2O. The number of benzene rings is 1. The molecule has 0 fully saturated rings. The molecule has 0 aliphatic heterocycles. The molecule has 0 unspecified atom stereocenters. The zero-order valence-corrected chi connectivity index (χ0v) is 9.52. The van der Waals surface area contributed by atoms with Crippen LogP contribution in [0.5, 0.6) is 0 Å². The van der Waals surface area contributed by atoms with Gasteiger partial charge >= 0.3 is 0 Å². The molecule has 0 aliphatic carbocycles. The number of carbonyl (C=O) groups excluding carboxylic acids is 1. The van der Waals surface area contributed by atoms with Crippen LogP contribution in [-0.4, -0.2) is 16.5 Å². The Morgan fingerprint density at radius 3 is 2.85 bits per heavy atom. The third kappa shape index (κ3) is 1.42. The molecule has 1 aromatic heterocycles. The summed E-state index contributed by atoms with van der Waals surface area (Å²) in [6, 6.07) is 3.73. The molecule has 0 bridgehead atoms. The van der Waals surface area contributed by atoms with Crippen LogP contribution in [0.4, 0.5) is 0 Å². The van der Waals surface area contributed by atoms with Gasteiger partial charge < -0.3 is 0 Å². The lowest BCUT2D eigenvalue weighted by Crippen LogP contribution is -1.79. The zero-order chi connectivity index (χ0) is 9.42. The number of halogens is 2. The Kier molecular flexibility index (Phi) is 2.21. The Labute approximate surface area is 90.8 Å². The summed E-state index contributed by atoms with van der Waals surface area (Å²) in [4.78, 5) is 10.6. The Morgan fingerprint density at radius 1 is 1.38 bits per heavy atom. The van der Waals surface area contributed by atoms with E-state index < -0.39 is 0 Å². The molecule has 1 aromatic carbocycles. The van der Waals surface area contributed by atoms with Crippen molar-refractivity contribution >= 4 is 49.0 Å². The molecule has 13 heavy (non-hydrogen) atoms. The van der Waals surface area contributed by atoms with E-state index in [-0.39, 0.29) is 0 Å². The van der Waals surface area contributed by atoms with Crippen LogP contribution >= 0.6 is 31.9 Å². The van der Waals surface area contributed by atoms with Crippen LogP contribution in [0.1, 0.15) is 10.5 Å². The number of aldehydes is 1. The van der Waals surface area contributed by atoms with E-state index in [1.807, 2.05) is 12.1 Å². The van der Waals surface area contributed by atoms with E-state index in [0.717, 1.165) is 26.1 Å². The van der Waals surface area contributed by atoms with Gasteiger partial charge in [-0.3, -0.25) is 9.89 Å². The van der Waals surface area contributed by atoms with Gasteiger partial charge in [0, 0.05) is 14.3 Å². The van der Waals surface area contributed by atoms with Crippen molar-refractivity contribution in [1.29, 1.82) is 0 Å². The first-order chi connectivity index (χ1) is 6.22. The summed E-state index contributed by atoms with van der Waals surface area (Å²) in [6.45, 7) is 0. The SMILES string of the molecule is O=Cc1[nH]nc2cc(Br)cc(Br)c12. The number of aromatic amines is 1. The molecule has 66 valence electrons. The summed E-state index contributed by atoms with van der Waals surface area (Å²) in [5.41, 5.74) is 1.26. The van der Waals surface area contributed by atoms with E-state index in [0.29, 0.717) is 5.69 Å². The van der Waals surface area contributed by atoms with Crippen LogP contribution in [0.2, 0.25) is 0 Å². The molecule has 0 saturated carbocycles. The van der Waals surface area contributed by atoms with E-state index in [1.165, 1.54) is 0 Å². The summed E-state index contributed by atoms with van der Waals surface area (Å²) in [5, 5.41) is 7.48. The summed E-state index contributed by atoms with van der Waals surface area (Å²) >= 11 is 6.71. The average Bonchev–Trinajstić information content (AvgIpc) is 2.47. The Hall–Kier alpha value is -0.680. The summed E-state index contributed by atoms with van der Waals surface area (Å²) in [7, 11) is 0. The zero-order valence-electron chi connectivity index (χ0n) is 6.34. The first kappa shape index (κ1) is 8.90. The maximum Gasteiger partial charge on any atom is 0.168 e. The number of hydrogen-bond acceptors (Lipinski definition) is 2. The number of H-pyrrole nitrogens is 1. The minimum Gasteiger partial charge on any atom is -0.296 e. The van der Waals surface area contributed by atoms with Crippen LogP contribution in [0.15, 0.2) is 21.1 Å². The fraction of sp³-hybridized carbons (Fsp3) is 0. The van der Waals surface area contributed by atoms with Gasteiger partial charge in [0.25, 0.3) is 0 Å². The molecule has 0 aliphatic rings. The number of fused-ring (bicyclic) bond motifs is 1. The molecule has 2 aromatic rings. The number of nitrogens with one attached hydrogen (secondary N) is 1. The van der Waals surface area contributed by atoms with Gasteiger partial charge in [-0.2, -0.15) is 5.10 Å². The maximum atomic E-state index is 10.6. The van der Waals surface area contributed by atoms with Crippen molar-refractivity contribution in [1.82, 2.24) is 10.2 Å². The van der Waals surface area contributed by atoms with Crippen LogP contribution < -0.4 is 0 Å². The van der Waals surface area contributed by atoms with E-state index in [1.54, 1.807) is 0 Å². The lowest BCUT2D eigenvalue weighted by atomic mass is 10.2. The third-order valence-electron chi connectivity index (χ3n) is 1.72. The van der Waals surface area contributed by atoms with Crippen molar-refractivity contribution < 1.29 is 4.79 Å². The molecule has 1 heterocycles. The van der Waals surface area contributed by atoms with Gasteiger partial charge in [0.05, 0.1) is 5.52 Å². The second-order valence-electron chi connectivity index (χ2n) is 2.54. The van der Waals surface area contributed by atoms with E-state index in [2.05, 4.69) is 42.1 Å². The Morgan fingerprint density at radius 2 is 2.15 bits per heavy atom. The summed E-state index contributed by atoms with van der Waals surface area (Å²) < 4.78 is 1.78. The number of nitrogens with zero attached hydrogens (tertiary/aromatic N) is 1. The van der Waals surface area contributed by atoms with Gasteiger partial charge in [-0.25, -0.2) is 0 Å². The smallest absolute Gasteiger partial charge is 0.168 e. The highest BCUT2D eigenvalue weighted by Gasteiger charge is 2.08. The first-order valence-corrected chi connectivity index (χ1v) is 5.09. The lowest BCUT2D eigenvalue weighted by molar-refractivity contribution is 0.112. The van der Waals surface area contributed by atoms with Gasteiger partial charge in [0.15, 0.2) is 6.29 Å². The minimum atomic E-state index is 0.495. The molecule has 5 heteroatoms. The molecule has 0 saturated heterocycles. The van der Waals surface area contributed by atoms with Crippen molar-refractivity contribution in [2.75, 3.05) is 0 Å². The molecule has 0 amide bonds. The predicted molar refractivity (Wildman–Crippen MR) is 56.9 cm³/mol. The van der Waals surface area contributed by atoms with E-state index >= 15 is 0 Å². The summed E-state index contributed by atoms with van der Waals surface area (Å²) in [5.74, 6) is 0. The first-order valence-electron chi connectivity index (χ1n) is 3.50. The molecule has 0 spiro atoms. The lowest BCUT2D eigenvalue weighted by Gasteiger charge is -1.94. The van der Waals surface area contributed by atoms with Gasteiger partial charge in [-0.1, -0.05) is 15.9 Å². The largest absolute Gasteiger partial charge is 0.296 e. The monoisotopic (exact) mass is 302 g/mol. The van der Waals surface area contributed by atoms with Crippen LogP contribution in [0, 0.1) is 0 Å². The number of hydrogen-bond donors (Lipinski definition) is 1. The normalized spacial score (nSPS) is 10.6. The van der Waals surface area contributed by atoms with Crippen LogP contribution in [0.25, 0.3) is 10.9 Å². The van der Waals surface area contributed by atoms with E-state index in [4.69, 9.17) is 0 Å². The highest BCUT2D eigenvalue weighted by atomic mass is 79.9. The fourth-order valence-electron chi connectivity index (χ4n) is 1.18. The third-order valence-corrected chi connectivity index (χ3v) is 2.80. The van der Waals surface area contributed by atoms with Crippen molar-refractivity contribution in [3.05, 3.63) is 26.8 Å². The topological polar surface area (TPSA) is 45.8 Å². The Balaban J connectivity index is 2.89. The van der Waals surface area contributed by atoms with Gasteiger partial charge in [0.2, 0.25) is 0 Å². The van der Waals surface area contributed by atoms with Crippen molar-refractivity contribution in [3.63, 3.8) is 0 Å². The fourth-order valence-corrected chi connectivity index (χ4v) is 2.59. The van der Waals surface area contributed by atoms with Gasteiger partial charge in [-0.15, -0.1) is 0 Å². The number of aromatic nitrogens is 2. The second kappa shape index (κ2) is 3.23. The standard InChI is InChI=1S/C8H4Br2N2O/c9-4-1-5(10)8-6(2-4)11-12-7(8)3-13/h1-3H,(H,11,12). The van der Waals surface area contributed by atoms with Crippen molar-refractivity contribution in [2.24, 2.45) is 0 Å². The molecular weight excluding hydrogens is 300 g/mol. The predicted octanol–water partition coefficient (Wildman–Crippen LogP) is 2.90. The molecule has 0 atom stereocenters. The maximum absolute atomic E-state index is 10.6. The highest BCUT2D eigenvalue weighted by Crippen LogP contribution is 2.28. The quantitative estimate of drug-likeness (QED) is 0.823. The number of carbonyl (C=O) groups is 1. The van der Waals surface area contributed by atoms with Crippen molar-refractivity contribution in [3.8, 4) is 0 Å². The Bertz CT molecular complexity index is 478. The molecule has 1 N–H and O–H groups in total. The summed E-state index contributed by atoms with van der Waals surface area (Å²) in [6.07, 6.45) is 0.758. The molecule has 0 radical (unpaired) electrons. The number of rotatable bonds is 1. The van der Waals surface area contributed by atoms with Crippen LogP contribution in [-0.2, 0) is 0 Å². The van der Waals surface area contributed by atoms with Gasteiger partial charge in [-0.05, 0) is 28.1 Å². The van der Waals surface area contributed by atoms with Gasteiger partial charge in [0.1, 0.15) is 5.69 Å². The second-order valence-corrected chi connectivity index (χ2v) is 4.31. The minimum absolute atomic E-state index is 0.495.